The Kier molecular flexibility index (Phi) is 2.64. The summed E-state index contributed by atoms with van der Waals surface area (Å²) in [6.07, 6.45) is 0.701. The number of aliphatic carboxylic acids is 1. The summed E-state index contributed by atoms with van der Waals surface area (Å²) >= 11 is 0. The van der Waals surface area contributed by atoms with Crippen molar-refractivity contribution in [1.82, 2.24) is 0 Å². The molecule has 1 amide bonds. The van der Waals surface area contributed by atoms with Gasteiger partial charge >= 0.3 is 5.97 Å². The molecule has 1 aromatic rings. The lowest BCUT2D eigenvalue weighted by molar-refractivity contribution is -0.138. The minimum absolute atomic E-state index is 0.115. The third-order valence-corrected chi connectivity index (χ3v) is 2.81. The Morgan fingerprint density at radius 1 is 1.38 bits per heavy atom. The number of hydrogen-bond donors (Lipinski definition) is 1. The number of carboxylic acids is 1. The van der Waals surface area contributed by atoms with Gasteiger partial charge in [0.05, 0.1) is 0 Å². The van der Waals surface area contributed by atoms with Crippen LogP contribution in [0.15, 0.2) is 24.3 Å². The lowest BCUT2D eigenvalue weighted by Gasteiger charge is -2.21. The SMILES string of the molecule is Cc1ccc(N2C(=O)CCC2C(=O)O)cc1. The second-order valence-corrected chi connectivity index (χ2v) is 3.99. The smallest absolute Gasteiger partial charge is 0.326 e. The van der Waals surface area contributed by atoms with Crippen LogP contribution in [0.25, 0.3) is 0 Å². The molecule has 1 saturated heterocycles. The zero-order valence-electron chi connectivity index (χ0n) is 9.01. The highest BCUT2D eigenvalue weighted by atomic mass is 16.4. The van der Waals surface area contributed by atoms with Crippen molar-refractivity contribution in [2.24, 2.45) is 0 Å². The molecule has 1 unspecified atom stereocenters. The Bertz CT molecular complexity index is 424. The normalized spacial score (nSPS) is 20.2. The van der Waals surface area contributed by atoms with Crippen molar-refractivity contribution in [2.45, 2.75) is 25.8 Å². The van der Waals surface area contributed by atoms with Crippen molar-refractivity contribution < 1.29 is 14.7 Å². The van der Waals surface area contributed by atoms with Gasteiger partial charge in [0.1, 0.15) is 6.04 Å². The maximum absolute atomic E-state index is 11.6. The molecule has 1 aliphatic heterocycles. The predicted octanol–water partition coefficient (Wildman–Crippen LogP) is 1.58. The standard InChI is InChI=1S/C12H13NO3/c1-8-2-4-9(5-3-8)13-10(12(15)16)6-7-11(13)14/h2-5,10H,6-7H2,1H3,(H,15,16). The summed E-state index contributed by atoms with van der Waals surface area (Å²) in [5.74, 6) is -1.05. The summed E-state index contributed by atoms with van der Waals surface area (Å²) < 4.78 is 0. The van der Waals surface area contributed by atoms with Crippen molar-refractivity contribution in [3.05, 3.63) is 29.8 Å². The monoisotopic (exact) mass is 219 g/mol. The third-order valence-electron chi connectivity index (χ3n) is 2.81. The average Bonchev–Trinajstić information content (AvgIpc) is 2.62. The first-order chi connectivity index (χ1) is 7.59. The van der Waals surface area contributed by atoms with Gasteiger partial charge < -0.3 is 5.11 Å². The van der Waals surface area contributed by atoms with Crippen LogP contribution in [0.2, 0.25) is 0 Å². The predicted molar refractivity (Wildman–Crippen MR) is 59.3 cm³/mol. The summed E-state index contributed by atoms with van der Waals surface area (Å²) in [4.78, 5) is 24.0. The highest BCUT2D eigenvalue weighted by Gasteiger charge is 2.36. The Morgan fingerprint density at radius 3 is 2.56 bits per heavy atom. The van der Waals surface area contributed by atoms with Gasteiger partial charge in [-0.1, -0.05) is 17.7 Å². The van der Waals surface area contributed by atoms with Gasteiger partial charge in [0.25, 0.3) is 0 Å². The van der Waals surface area contributed by atoms with Crippen molar-refractivity contribution in [3.63, 3.8) is 0 Å². The number of carboxylic acid groups (broad SMARTS) is 1. The number of carbonyl (C=O) groups is 2. The van der Waals surface area contributed by atoms with Gasteiger partial charge in [-0.15, -0.1) is 0 Å². The van der Waals surface area contributed by atoms with E-state index in [2.05, 4.69) is 0 Å². The lowest BCUT2D eigenvalue weighted by atomic mass is 10.2. The van der Waals surface area contributed by atoms with Gasteiger partial charge in [-0.05, 0) is 25.5 Å². The first-order valence-electron chi connectivity index (χ1n) is 5.21. The zero-order chi connectivity index (χ0) is 11.7. The molecule has 0 radical (unpaired) electrons. The van der Waals surface area contributed by atoms with Crippen molar-refractivity contribution >= 4 is 17.6 Å². The largest absolute Gasteiger partial charge is 0.480 e. The highest BCUT2D eigenvalue weighted by Crippen LogP contribution is 2.26. The minimum atomic E-state index is -0.938. The van der Waals surface area contributed by atoms with Crippen LogP contribution in [0.3, 0.4) is 0 Å². The van der Waals surface area contributed by atoms with Gasteiger partial charge in [-0.3, -0.25) is 9.69 Å². The van der Waals surface area contributed by atoms with Crippen LogP contribution in [-0.2, 0) is 9.59 Å². The molecule has 1 N–H and O–H groups in total. The van der Waals surface area contributed by atoms with Crippen LogP contribution in [0.5, 0.6) is 0 Å². The fourth-order valence-electron chi connectivity index (χ4n) is 1.95. The highest BCUT2D eigenvalue weighted by molar-refractivity contribution is 6.02. The van der Waals surface area contributed by atoms with Gasteiger partial charge in [-0.25, -0.2) is 4.79 Å². The molecule has 2 rings (SSSR count). The molecule has 0 aromatic heterocycles. The molecular weight excluding hydrogens is 206 g/mol. The number of anilines is 1. The maximum Gasteiger partial charge on any atom is 0.326 e. The summed E-state index contributed by atoms with van der Waals surface area (Å²) in [7, 11) is 0. The second kappa shape index (κ2) is 3.96. The van der Waals surface area contributed by atoms with Crippen molar-refractivity contribution in [3.8, 4) is 0 Å². The topological polar surface area (TPSA) is 57.6 Å². The molecule has 1 atom stereocenters. The molecule has 1 heterocycles. The second-order valence-electron chi connectivity index (χ2n) is 3.99. The van der Waals surface area contributed by atoms with Gasteiger partial charge in [-0.2, -0.15) is 0 Å². The van der Waals surface area contributed by atoms with Crippen LogP contribution in [0.1, 0.15) is 18.4 Å². The third kappa shape index (κ3) is 1.78. The zero-order valence-corrected chi connectivity index (χ0v) is 9.01. The van der Waals surface area contributed by atoms with E-state index in [0.29, 0.717) is 18.5 Å². The van der Waals surface area contributed by atoms with Gasteiger partial charge in [0.15, 0.2) is 0 Å². The first-order valence-corrected chi connectivity index (χ1v) is 5.21. The molecule has 4 nitrogen and oxygen atoms in total. The van der Waals surface area contributed by atoms with E-state index in [1.807, 2.05) is 19.1 Å². The minimum Gasteiger partial charge on any atom is -0.480 e. The van der Waals surface area contributed by atoms with E-state index in [9.17, 15) is 9.59 Å². The molecule has 1 aliphatic rings. The average molecular weight is 219 g/mol. The molecule has 1 aromatic carbocycles. The Labute approximate surface area is 93.5 Å². The molecule has 84 valence electrons. The fourth-order valence-corrected chi connectivity index (χ4v) is 1.95. The molecule has 1 fully saturated rings. The molecule has 16 heavy (non-hydrogen) atoms. The number of amides is 1. The number of rotatable bonds is 2. The van der Waals surface area contributed by atoms with Gasteiger partial charge in [0.2, 0.25) is 5.91 Å². The molecule has 4 heteroatoms. The Morgan fingerprint density at radius 2 is 2.00 bits per heavy atom. The Balaban J connectivity index is 2.33. The summed E-state index contributed by atoms with van der Waals surface area (Å²) in [5, 5.41) is 9.02. The number of carbonyl (C=O) groups excluding carboxylic acids is 1. The van der Waals surface area contributed by atoms with E-state index >= 15 is 0 Å². The number of aryl methyl sites for hydroxylation is 1. The molecule has 0 bridgehead atoms. The van der Waals surface area contributed by atoms with Crippen LogP contribution < -0.4 is 4.90 Å². The quantitative estimate of drug-likeness (QED) is 0.821. The maximum atomic E-state index is 11.6. The summed E-state index contributed by atoms with van der Waals surface area (Å²) in [5.41, 5.74) is 1.75. The van der Waals surface area contributed by atoms with E-state index < -0.39 is 12.0 Å². The molecule has 0 saturated carbocycles. The number of hydrogen-bond acceptors (Lipinski definition) is 2. The lowest BCUT2D eigenvalue weighted by Crippen LogP contribution is -2.38. The molecule has 0 spiro atoms. The van der Waals surface area contributed by atoms with Gasteiger partial charge in [0, 0.05) is 12.1 Å². The van der Waals surface area contributed by atoms with E-state index in [4.69, 9.17) is 5.11 Å². The van der Waals surface area contributed by atoms with E-state index in [0.717, 1.165) is 5.56 Å². The van der Waals surface area contributed by atoms with Crippen LogP contribution in [0, 0.1) is 6.92 Å². The first kappa shape index (κ1) is 10.7. The van der Waals surface area contributed by atoms with Crippen molar-refractivity contribution in [1.29, 1.82) is 0 Å². The van der Waals surface area contributed by atoms with E-state index in [1.165, 1.54) is 4.90 Å². The Hall–Kier alpha value is -1.84. The van der Waals surface area contributed by atoms with Crippen LogP contribution >= 0.6 is 0 Å². The molecular formula is C12H13NO3. The van der Waals surface area contributed by atoms with Crippen molar-refractivity contribution in [2.75, 3.05) is 4.90 Å². The summed E-state index contributed by atoms with van der Waals surface area (Å²) in [6.45, 7) is 1.95. The van der Waals surface area contributed by atoms with Crippen LogP contribution in [-0.4, -0.2) is 23.0 Å². The van der Waals surface area contributed by atoms with E-state index in [-0.39, 0.29) is 5.91 Å². The van der Waals surface area contributed by atoms with E-state index in [1.54, 1.807) is 12.1 Å². The number of benzene rings is 1. The number of nitrogens with zero attached hydrogens (tertiary/aromatic N) is 1. The molecule has 0 aliphatic carbocycles. The fraction of sp³-hybridized carbons (Fsp3) is 0.333. The summed E-state index contributed by atoms with van der Waals surface area (Å²) in [6, 6.07) is 6.61. The van der Waals surface area contributed by atoms with Crippen LogP contribution in [0.4, 0.5) is 5.69 Å².